The van der Waals surface area contributed by atoms with Crippen molar-refractivity contribution in [3.05, 3.63) is 28.8 Å². The molecule has 2 nitrogen and oxygen atoms in total. The number of rotatable bonds is 5. The first-order chi connectivity index (χ1) is 8.49. The highest BCUT2D eigenvalue weighted by atomic mass is 16.5. The van der Waals surface area contributed by atoms with Crippen molar-refractivity contribution in [3.8, 4) is 5.75 Å². The van der Waals surface area contributed by atoms with Crippen LogP contribution in [-0.4, -0.2) is 17.8 Å². The van der Waals surface area contributed by atoms with E-state index in [-0.39, 0.29) is 0 Å². The lowest BCUT2D eigenvalue weighted by Gasteiger charge is -2.18. The molecule has 1 aromatic carbocycles. The second-order valence-electron chi connectivity index (χ2n) is 5.79. The molecule has 0 aliphatic heterocycles. The summed E-state index contributed by atoms with van der Waals surface area (Å²) in [6.45, 7) is 6.53. The molecule has 1 aliphatic carbocycles. The van der Waals surface area contributed by atoms with E-state index in [2.05, 4.69) is 32.9 Å². The maximum Gasteiger partial charge on any atom is 0.125 e. The molecule has 1 fully saturated rings. The lowest BCUT2D eigenvalue weighted by atomic mass is 9.92. The maximum atomic E-state index is 10.1. The first-order valence-electron chi connectivity index (χ1n) is 6.91. The predicted molar refractivity (Wildman–Crippen MR) is 74.3 cm³/mol. The summed E-state index contributed by atoms with van der Waals surface area (Å²) >= 11 is 0. The number of aliphatic hydroxyl groups is 1. The molecule has 2 heteroatoms. The largest absolute Gasteiger partial charge is 0.496 e. The van der Waals surface area contributed by atoms with E-state index in [9.17, 15) is 5.11 Å². The van der Waals surface area contributed by atoms with E-state index in [4.69, 9.17) is 4.74 Å². The van der Waals surface area contributed by atoms with Gasteiger partial charge in [-0.25, -0.2) is 0 Å². The Hall–Kier alpha value is -1.02. The zero-order chi connectivity index (χ0) is 13.3. The highest BCUT2D eigenvalue weighted by Gasteiger charge is 2.40. The molecule has 0 radical (unpaired) electrons. The molecule has 1 aromatic rings. The molecule has 0 aromatic heterocycles. The van der Waals surface area contributed by atoms with E-state index in [1.807, 2.05) is 0 Å². The normalized spacial score (nSPS) is 17.0. The van der Waals surface area contributed by atoms with E-state index < -0.39 is 5.60 Å². The number of methoxy groups -OCH3 is 1. The van der Waals surface area contributed by atoms with Crippen LogP contribution in [0.25, 0.3) is 0 Å². The molecule has 0 heterocycles. The van der Waals surface area contributed by atoms with Crippen LogP contribution in [0.2, 0.25) is 0 Å². The molecule has 1 N–H and O–H groups in total. The maximum absolute atomic E-state index is 10.1. The van der Waals surface area contributed by atoms with Gasteiger partial charge in [-0.2, -0.15) is 0 Å². The van der Waals surface area contributed by atoms with E-state index >= 15 is 0 Å². The quantitative estimate of drug-likeness (QED) is 0.865. The van der Waals surface area contributed by atoms with Crippen LogP contribution >= 0.6 is 0 Å². The van der Waals surface area contributed by atoms with Gasteiger partial charge in [0.1, 0.15) is 5.75 Å². The smallest absolute Gasteiger partial charge is 0.125 e. The minimum Gasteiger partial charge on any atom is -0.496 e. The van der Waals surface area contributed by atoms with Crippen LogP contribution in [0.3, 0.4) is 0 Å². The van der Waals surface area contributed by atoms with Crippen LogP contribution < -0.4 is 4.74 Å². The van der Waals surface area contributed by atoms with Gasteiger partial charge in [0, 0.05) is 6.42 Å². The Balaban J connectivity index is 2.39. The third-order valence-corrected chi connectivity index (χ3v) is 3.82. The van der Waals surface area contributed by atoms with Gasteiger partial charge in [0.15, 0.2) is 0 Å². The molecule has 100 valence electrons. The van der Waals surface area contributed by atoms with E-state index in [1.54, 1.807) is 7.11 Å². The van der Waals surface area contributed by atoms with Gasteiger partial charge in [-0.15, -0.1) is 0 Å². The Kier molecular flexibility index (Phi) is 3.67. The molecule has 18 heavy (non-hydrogen) atoms. The molecule has 0 saturated heterocycles. The van der Waals surface area contributed by atoms with Crippen molar-refractivity contribution in [1.82, 2.24) is 0 Å². The summed E-state index contributed by atoms with van der Waals surface area (Å²) in [5, 5.41) is 10.1. The summed E-state index contributed by atoms with van der Waals surface area (Å²) in [5.74, 6) is 1.47. The minimum absolute atomic E-state index is 0.423. The van der Waals surface area contributed by atoms with Crippen LogP contribution in [0.1, 0.15) is 56.2 Å². The van der Waals surface area contributed by atoms with Gasteiger partial charge in [0.05, 0.1) is 12.7 Å². The first-order valence-corrected chi connectivity index (χ1v) is 6.91. The van der Waals surface area contributed by atoms with Gasteiger partial charge in [-0.1, -0.05) is 32.9 Å². The Bertz CT molecular complexity index is 431. The van der Waals surface area contributed by atoms with Crippen molar-refractivity contribution >= 4 is 0 Å². The standard InChI is InChI=1S/C16H24O2/c1-5-13-8-12(10-16(17)6-7-16)9-14(11(2)3)15(13)18-4/h8-9,11,17H,5-7,10H2,1-4H3. The summed E-state index contributed by atoms with van der Waals surface area (Å²) in [7, 11) is 1.74. The third-order valence-electron chi connectivity index (χ3n) is 3.82. The SMILES string of the molecule is CCc1cc(CC2(O)CC2)cc(C(C)C)c1OC. The first kappa shape index (κ1) is 13.4. The summed E-state index contributed by atoms with van der Waals surface area (Å²) in [5.41, 5.74) is 3.34. The molecule has 0 unspecified atom stereocenters. The van der Waals surface area contributed by atoms with Crippen LogP contribution in [0.5, 0.6) is 5.75 Å². The number of ether oxygens (including phenoxy) is 1. The van der Waals surface area contributed by atoms with Gasteiger partial charge in [-0.05, 0) is 41.9 Å². The molecule has 1 aliphatic rings. The van der Waals surface area contributed by atoms with Crippen molar-refractivity contribution in [2.45, 2.75) is 58.0 Å². The third kappa shape index (κ3) is 2.69. The molecule has 0 atom stereocenters. The average molecular weight is 248 g/mol. The second kappa shape index (κ2) is 4.93. The topological polar surface area (TPSA) is 29.5 Å². The molecule has 0 spiro atoms. The highest BCUT2D eigenvalue weighted by Crippen LogP contribution is 2.40. The van der Waals surface area contributed by atoms with Gasteiger partial charge in [-0.3, -0.25) is 0 Å². The van der Waals surface area contributed by atoms with Crippen molar-refractivity contribution < 1.29 is 9.84 Å². The summed E-state index contributed by atoms with van der Waals surface area (Å²) in [4.78, 5) is 0. The van der Waals surface area contributed by atoms with Crippen LogP contribution in [0.4, 0.5) is 0 Å². The fraction of sp³-hybridized carbons (Fsp3) is 0.625. The summed E-state index contributed by atoms with van der Waals surface area (Å²) in [6.07, 6.45) is 3.63. The van der Waals surface area contributed by atoms with Crippen molar-refractivity contribution in [2.24, 2.45) is 0 Å². The molecule has 2 rings (SSSR count). The van der Waals surface area contributed by atoms with Gasteiger partial charge in [0.25, 0.3) is 0 Å². The number of benzene rings is 1. The zero-order valence-corrected chi connectivity index (χ0v) is 11.9. The average Bonchev–Trinajstić information content (AvgIpc) is 3.05. The second-order valence-corrected chi connectivity index (χ2v) is 5.79. The number of hydrogen-bond donors (Lipinski definition) is 1. The van der Waals surface area contributed by atoms with Crippen molar-refractivity contribution in [3.63, 3.8) is 0 Å². The molecular formula is C16H24O2. The fourth-order valence-electron chi connectivity index (χ4n) is 2.53. The monoisotopic (exact) mass is 248 g/mol. The summed E-state index contributed by atoms with van der Waals surface area (Å²) in [6, 6.07) is 4.40. The number of aryl methyl sites for hydroxylation is 1. The highest BCUT2D eigenvalue weighted by molar-refractivity contribution is 5.47. The summed E-state index contributed by atoms with van der Waals surface area (Å²) < 4.78 is 5.57. The van der Waals surface area contributed by atoms with Crippen molar-refractivity contribution in [1.29, 1.82) is 0 Å². The molecular weight excluding hydrogens is 224 g/mol. The lowest BCUT2D eigenvalue weighted by Crippen LogP contribution is -2.12. The van der Waals surface area contributed by atoms with E-state index in [0.29, 0.717) is 5.92 Å². The van der Waals surface area contributed by atoms with Crippen LogP contribution in [0, 0.1) is 0 Å². The Labute approximate surface area is 110 Å². The Morgan fingerprint density at radius 2 is 2.00 bits per heavy atom. The van der Waals surface area contributed by atoms with Crippen LogP contribution in [-0.2, 0) is 12.8 Å². The van der Waals surface area contributed by atoms with Gasteiger partial charge >= 0.3 is 0 Å². The minimum atomic E-state index is -0.423. The van der Waals surface area contributed by atoms with E-state index in [0.717, 1.165) is 31.4 Å². The van der Waals surface area contributed by atoms with E-state index in [1.165, 1.54) is 16.7 Å². The van der Waals surface area contributed by atoms with Crippen LogP contribution in [0.15, 0.2) is 12.1 Å². The molecule has 1 saturated carbocycles. The van der Waals surface area contributed by atoms with Gasteiger partial charge in [0.2, 0.25) is 0 Å². The molecule has 0 bridgehead atoms. The predicted octanol–water partition coefficient (Wildman–Crippen LogP) is 3.45. The molecule has 0 amide bonds. The van der Waals surface area contributed by atoms with Gasteiger partial charge < -0.3 is 9.84 Å². The zero-order valence-electron chi connectivity index (χ0n) is 11.9. The number of hydrogen-bond acceptors (Lipinski definition) is 2. The fourth-order valence-corrected chi connectivity index (χ4v) is 2.53. The Morgan fingerprint density at radius 1 is 1.33 bits per heavy atom. The lowest BCUT2D eigenvalue weighted by molar-refractivity contribution is 0.151. The van der Waals surface area contributed by atoms with Crippen molar-refractivity contribution in [2.75, 3.05) is 7.11 Å². The Morgan fingerprint density at radius 3 is 2.44 bits per heavy atom.